The van der Waals surface area contributed by atoms with Crippen LogP contribution in [0.1, 0.15) is 17.9 Å². The first-order valence-corrected chi connectivity index (χ1v) is 3.88. The molecule has 1 aliphatic rings. The predicted molar refractivity (Wildman–Crippen MR) is 41.7 cm³/mol. The van der Waals surface area contributed by atoms with Crippen LogP contribution in [0.3, 0.4) is 0 Å². The van der Waals surface area contributed by atoms with Crippen molar-refractivity contribution in [3.05, 3.63) is 35.4 Å². The molecule has 0 radical (unpaired) electrons. The molecular weight excluding hydrogens is 160 g/mol. The fourth-order valence-electron chi connectivity index (χ4n) is 1.39. The van der Waals surface area contributed by atoms with Crippen LogP contribution in [-0.4, -0.2) is 6.04 Å². The molecule has 1 saturated carbocycles. The highest BCUT2D eigenvalue weighted by Crippen LogP contribution is 2.39. The summed E-state index contributed by atoms with van der Waals surface area (Å²) in [6, 6.07) is 3.66. The number of hydrogen-bond donors (Lipinski definition) is 1. The van der Waals surface area contributed by atoms with Crippen LogP contribution in [0.5, 0.6) is 0 Å². The molecule has 3 heteroatoms. The maximum absolute atomic E-state index is 12.7. The first-order valence-electron chi connectivity index (χ1n) is 3.88. The Morgan fingerprint density at radius 3 is 2.08 bits per heavy atom. The Morgan fingerprint density at radius 1 is 1.17 bits per heavy atom. The summed E-state index contributed by atoms with van der Waals surface area (Å²) >= 11 is 0. The van der Waals surface area contributed by atoms with E-state index in [1.54, 1.807) is 0 Å². The van der Waals surface area contributed by atoms with Gasteiger partial charge in [-0.05, 0) is 24.1 Å². The van der Waals surface area contributed by atoms with Crippen molar-refractivity contribution in [2.24, 2.45) is 5.73 Å². The zero-order chi connectivity index (χ0) is 8.72. The molecule has 2 rings (SSSR count). The van der Waals surface area contributed by atoms with Crippen LogP contribution >= 0.6 is 0 Å². The summed E-state index contributed by atoms with van der Waals surface area (Å²) in [6.07, 6.45) is 0.836. The zero-order valence-corrected chi connectivity index (χ0v) is 6.43. The summed E-state index contributed by atoms with van der Waals surface area (Å²) in [7, 11) is 0. The van der Waals surface area contributed by atoms with Gasteiger partial charge in [-0.3, -0.25) is 0 Å². The number of hydrogen-bond acceptors (Lipinski definition) is 1. The molecule has 0 unspecified atom stereocenters. The molecule has 0 heterocycles. The highest BCUT2D eigenvalue weighted by Gasteiger charge is 2.35. The smallest absolute Gasteiger partial charge is 0.126 e. The lowest BCUT2D eigenvalue weighted by Crippen LogP contribution is -2.01. The molecule has 0 bridgehead atoms. The average molecular weight is 169 g/mol. The highest BCUT2D eigenvalue weighted by molar-refractivity contribution is 5.28. The van der Waals surface area contributed by atoms with Crippen molar-refractivity contribution >= 4 is 0 Å². The van der Waals surface area contributed by atoms with Gasteiger partial charge in [0.2, 0.25) is 0 Å². The third-order valence-corrected chi connectivity index (χ3v) is 2.15. The second-order valence-electron chi connectivity index (χ2n) is 3.21. The second-order valence-corrected chi connectivity index (χ2v) is 3.21. The molecule has 2 N–H and O–H groups in total. The Kier molecular flexibility index (Phi) is 1.61. The summed E-state index contributed by atoms with van der Waals surface area (Å²) in [5.74, 6) is -0.886. The van der Waals surface area contributed by atoms with E-state index in [4.69, 9.17) is 5.73 Å². The van der Waals surface area contributed by atoms with Crippen LogP contribution in [0.2, 0.25) is 0 Å². The first-order chi connectivity index (χ1) is 5.66. The molecule has 1 fully saturated rings. The maximum atomic E-state index is 12.7. The fraction of sp³-hybridized carbons (Fsp3) is 0.333. The minimum absolute atomic E-state index is 0.0891. The lowest BCUT2D eigenvalue weighted by atomic mass is 10.1. The second kappa shape index (κ2) is 2.52. The van der Waals surface area contributed by atoms with E-state index in [2.05, 4.69) is 0 Å². The molecule has 1 nitrogen and oxygen atoms in total. The van der Waals surface area contributed by atoms with Crippen molar-refractivity contribution in [2.45, 2.75) is 18.4 Å². The van der Waals surface area contributed by atoms with E-state index in [1.807, 2.05) is 0 Å². The topological polar surface area (TPSA) is 26.0 Å². The highest BCUT2D eigenvalue weighted by atomic mass is 19.1. The third kappa shape index (κ3) is 1.32. The third-order valence-electron chi connectivity index (χ3n) is 2.15. The van der Waals surface area contributed by atoms with E-state index in [1.165, 1.54) is 12.1 Å². The van der Waals surface area contributed by atoms with Crippen LogP contribution in [0.15, 0.2) is 18.2 Å². The summed E-state index contributed by atoms with van der Waals surface area (Å²) in [5, 5.41) is 0. The Labute approximate surface area is 69.2 Å². The summed E-state index contributed by atoms with van der Waals surface area (Å²) in [5.41, 5.74) is 6.23. The van der Waals surface area contributed by atoms with Crippen LogP contribution in [0.25, 0.3) is 0 Å². The Hall–Kier alpha value is -0.960. The maximum Gasteiger partial charge on any atom is 0.126 e. The SMILES string of the molecule is N[C@@H]1C[C@H]1c1cc(F)cc(F)c1. The van der Waals surface area contributed by atoms with E-state index in [9.17, 15) is 8.78 Å². The van der Waals surface area contributed by atoms with Gasteiger partial charge >= 0.3 is 0 Å². The Morgan fingerprint density at radius 2 is 1.67 bits per heavy atom. The van der Waals surface area contributed by atoms with Crippen LogP contribution in [0, 0.1) is 11.6 Å². The molecule has 0 saturated heterocycles. The number of benzene rings is 1. The van der Waals surface area contributed by atoms with Gasteiger partial charge in [-0.1, -0.05) is 0 Å². The minimum Gasteiger partial charge on any atom is -0.327 e. The Bertz CT molecular complexity index is 291. The van der Waals surface area contributed by atoms with Gasteiger partial charge in [0.25, 0.3) is 0 Å². The summed E-state index contributed by atoms with van der Waals surface area (Å²) < 4.78 is 25.3. The minimum atomic E-state index is -0.524. The van der Waals surface area contributed by atoms with Gasteiger partial charge in [0.1, 0.15) is 11.6 Å². The summed E-state index contributed by atoms with van der Waals surface area (Å²) in [6.45, 7) is 0. The van der Waals surface area contributed by atoms with Crippen molar-refractivity contribution < 1.29 is 8.78 Å². The van der Waals surface area contributed by atoms with Gasteiger partial charge in [-0.15, -0.1) is 0 Å². The number of halogens is 2. The average Bonchev–Trinajstić information content (AvgIpc) is 2.64. The molecule has 0 aliphatic heterocycles. The normalized spacial score (nSPS) is 27.2. The van der Waals surface area contributed by atoms with E-state index >= 15 is 0 Å². The van der Waals surface area contributed by atoms with E-state index in [0.29, 0.717) is 5.56 Å². The van der Waals surface area contributed by atoms with E-state index in [0.717, 1.165) is 12.5 Å². The molecule has 1 aromatic rings. The molecule has 12 heavy (non-hydrogen) atoms. The summed E-state index contributed by atoms with van der Waals surface area (Å²) in [4.78, 5) is 0. The lowest BCUT2D eigenvalue weighted by Gasteiger charge is -1.98. The van der Waals surface area contributed by atoms with E-state index < -0.39 is 11.6 Å². The first kappa shape index (κ1) is 7.68. The van der Waals surface area contributed by atoms with Gasteiger partial charge in [0.05, 0.1) is 0 Å². The van der Waals surface area contributed by atoms with Gasteiger partial charge < -0.3 is 5.73 Å². The number of nitrogens with two attached hydrogens (primary N) is 1. The quantitative estimate of drug-likeness (QED) is 0.681. The molecule has 64 valence electrons. The van der Waals surface area contributed by atoms with Crippen molar-refractivity contribution in [3.8, 4) is 0 Å². The predicted octanol–water partition coefficient (Wildman–Crippen LogP) is 1.78. The molecule has 1 aromatic carbocycles. The fourth-order valence-corrected chi connectivity index (χ4v) is 1.39. The molecular formula is C9H9F2N. The van der Waals surface area contributed by atoms with Gasteiger partial charge in [0.15, 0.2) is 0 Å². The van der Waals surface area contributed by atoms with E-state index in [-0.39, 0.29) is 12.0 Å². The van der Waals surface area contributed by atoms with Gasteiger partial charge in [-0.2, -0.15) is 0 Å². The van der Waals surface area contributed by atoms with Gasteiger partial charge in [0, 0.05) is 18.0 Å². The van der Waals surface area contributed by atoms with Crippen molar-refractivity contribution in [2.75, 3.05) is 0 Å². The molecule has 0 spiro atoms. The van der Waals surface area contributed by atoms with Crippen molar-refractivity contribution in [3.63, 3.8) is 0 Å². The monoisotopic (exact) mass is 169 g/mol. The largest absolute Gasteiger partial charge is 0.327 e. The van der Waals surface area contributed by atoms with Crippen LogP contribution in [-0.2, 0) is 0 Å². The van der Waals surface area contributed by atoms with Crippen molar-refractivity contribution in [1.29, 1.82) is 0 Å². The van der Waals surface area contributed by atoms with Crippen LogP contribution < -0.4 is 5.73 Å². The van der Waals surface area contributed by atoms with Crippen molar-refractivity contribution in [1.82, 2.24) is 0 Å². The molecule has 1 aliphatic carbocycles. The number of rotatable bonds is 1. The van der Waals surface area contributed by atoms with Gasteiger partial charge in [-0.25, -0.2) is 8.78 Å². The zero-order valence-electron chi connectivity index (χ0n) is 6.43. The Balaban J connectivity index is 2.32. The molecule has 0 aromatic heterocycles. The molecule has 2 atom stereocenters. The molecule has 0 amide bonds. The standard InChI is InChI=1S/C9H9F2N/c10-6-1-5(2-7(11)3-6)8-4-9(8)12/h1-3,8-9H,4,12H2/t8-,9+/m0/s1. The van der Waals surface area contributed by atoms with Crippen LogP contribution in [0.4, 0.5) is 8.78 Å². The lowest BCUT2D eigenvalue weighted by molar-refractivity contribution is 0.579.